The molecule has 0 unspecified atom stereocenters. The van der Waals surface area contributed by atoms with Crippen molar-refractivity contribution < 1.29 is 4.79 Å². The second-order valence-electron chi connectivity index (χ2n) is 3.34. The average Bonchev–Trinajstić information content (AvgIpc) is 2.82. The van der Waals surface area contributed by atoms with Gasteiger partial charge in [-0.1, -0.05) is 36.9 Å². The molecule has 3 heteroatoms. The summed E-state index contributed by atoms with van der Waals surface area (Å²) in [4.78, 5) is 12.6. The molecule has 0 N–H and O–H groups in total. The van der Waals surface area contributed by atoms with Gasteiger partial charge in [0.25, 0.3) is 0 Å². The molecule has 0 atom stereocenters. The van der Waals surface area contributed by atoms with Crippen molar-refractivity contribution >= 4 is 28.9 Å². The van der Waals surface area contributed by atoms with Crippen LogP contribution < -0.4 is 0 Å². The fourth-order valence-electron chi connectivity index (χ4n) is 1.35. The highest BCUT2D eigenvalue weighted by atomic mass is 32.2. The van der Waals surface area contributed by atoms with Gasteiger partial charge in [0.2, 0.25) is 0 Å². The zero-order valence-corrected chi connectivity index (χ0v) is 10.6. The third kappa shape index (κ3) is 2.74. The van der Waals surface area contributed by atoms with E-state index in [4.69, 9.17) is 0 Å². The van der Waals surface area contributed by atoms with Crippen molar-refractivity contribution in [2.75, 3.05) is 0 Å². The Morgan fingerprint density at radius 2 is 2.00 bits per heavy atom. The van der Waals surface area contributed by atoms with E-state index in [1.54, 1.807) is 23.1 Å². The quantitative estimate of drug-likeness (QED) is 0.741. The first-order chi connectivity index (χ1) is 7.79. The predicted molar refractivity (Wildman–Crippen MR) is 69.5 cm³/mol. The van der Waals surface area contributed by atoms with Crippen LogP contribution in [0.3, 0.4) is 0 Å². The van der Waals surface area contributed by atoms with Gasteiger partial charge in [0.1, 0.15) is 0 Å². The van der Waals surface area contributed by atoms with Crippen molar-refractivity contribution in [1.82, 2.24) is 0 Å². The van der Waals surface area contributed by atoms with Crippen molar-refractivity contribution in [3.8, 4) is 0 Å². The van der Waals surface area contributed by atoms with Crippen LogP contribution in [-0.4, -0.2) is 5.78 Å². The van der Waals surface area contributed by atoms with Gasteiger partial charge < -0.3 is 0 Å². The number of hydrogen-bond donors (Lipinski definition) is 0. The number of ketones is 1. The van der Waals surface area contributed by atoms with Crippen molar-refractivity contribution in [3.63, 3.8) is 0 Å². The third-order valence-electron chi connectivity index (χ3n) is 2.21. The number of thiophene rings is 1. The minimum atomic E-state index is 0.202. The van der Waals surface area contributed by atoms with Gasteiger partial charge in [-0.3, -0.25) is 4.79 Å². The van der Waals surface area contributed by atoms with Crippen LogP contribution in [0.1, 0.15) is 23.7 Å². The van der Waals surface area contributed by atoms with E-state index in [1.807, 2.05) is 37.3 Å². The van der Waals surface area contributed by atoms with E-state index in [0.717, 1.165) is 5.56 Å². The van der Waals surface area contributed by atoms with Crippen molar-refractivity contribution in [1.29, 1.82) is 0 Å². The second kappa shape index (κ2) is 5.32. The number of carbonyl (C=O) groups is 1. The standard InChI is InChI=1S/C13H12OS2/c1-2-12(14)10-5-7-11(8-6-10)16-13-4-3-9-15-13/h3-9H,2H2,1H3. The molecule has 82 valence electrons. The molecule has 0 aliphatic carbocycles. The minimum Gasteiger partial charge on any atom is -0.294 e. The van der Waals surface area contributed by atoms with E-state index >= 15 is 0 Å². The van der Waals surface area contributed by atoms with Crippen LogP contribution >= 0.6 is 23.1 Å². The van der Waals surface area contributed by atoms with Crippen molar-refractivity contribution in [3.05, 3.63) is 47.3 Å². The van der Waals surface area contributed by atoms with Crippen LogP contribution in [0.25, 0.3) is 0 Å². The molecule has 0 saturated heterocycles. The van der Waals surface area contributed by atoms with Crippen LogP contribution in [0, 0.1) is 0 Å². The fraction of sp³-hybridized carbons (Fsp3) is 0.154. The number of rotatable bonds is 4. The number of Topliss-reactive ketones (excluding diaryl/α,β-unsaturated/α-hetero) is 1. The Kier molecular flexibility index (Phi) is 3.80. The monoisotopic (exact) mass is 248 g/mol. The highest BCUT2D eigenvalue weighted by molar-refractivity contribution is 8.01. The van der Waals surface area contributed by atoms with Gasteiger partial charge in [-0.05, 0) is 23.6 Å². The van der Waals surface area contributed by atoms with E-state index in [9.17, 15) is 4.79 Å². The lowest BCUT2D eigenvalue weighted by Gasteiger charge is -2.00. The Bertz CT molecular complexity index is 457. The van der Waals surface area contributed by atoms with Crippen LogP contribution in [0.5, 0.6) is 0 Å². The van der Waals surface area contributed by atoms with Gasteiger partial charge in [0.15, 0.2) is 5.78 Å². The molecule has 1 aromatic heterocycles. The van der Waals surface area contributed by atoms with E-state index in [-0.39, 0.29) is 5.78 Å². The molecule has 1 aromatic carbocycles. The molecule has 0 amide bonds. The summed E-state index contributed by atoms with van der Waals surface area (Å²) in [6.07, 6.45) is 0.567. The predicted octanol–water partition coefficient (Wildman–Crippen LogP) is 4.49. The Balaban J connectivity index is 2.10. The Labute approximate surface area is 104 Å². The third-order valence-corrected chi connectivity index (χ3v) is 4.26. The lowest BCUT2D eigenvalue weighted by atomic mass is 10.1. The summed E-state index contributed by atoms with van der Waals surface area (Å²) in [7, 11) is 0. The van der Waals surface area contributed by atoms with E-state index in [2.05, 4.69) is 11.4 Å². The van der Waals surface area contributed by atoms with Crippen molar-refractivity contribution in [2.45, 2.75) is 22.4 Å². The van der Waals surface area contributed by atoms with E-state index < -0.39 is 0 Å². The second-order valence-corrected chi connectivity index (χ2v) is 5.66. The molecule has 0 radical (unpaired) electrons. The lowest BCUT2D eigenvalue weighted by molar-refractivity contribution is 0.0988. The first-order valence-electron chi connectivity index (χ1n) is 5.14. The summed E-state index contributed by atoms with van der Waals surface area (Å²) >= 11 is 3.46. The maximum absolute atomic E-state index is 11.4. The lowest BCUT2D eigenvalue weighted by Crippen LogP contribution is -1.95. The molecule has 0 saturated carbocycles. The first kappa shape index (κ1) is 11.4. The van der Waals surface area contributed by atoms with Crippen LogP contribution in [-0.2, 0) is 0 Å². The minimum absolute atomic E-state index is 0.202. The SMILES string of the molecule is CCC(=O)c1ccc(Sc2cccs2)cc1. The number of hydrogen-bond acceptors (Lipinski definition) is 3. The number of carbonyl (C=O) groups excluding carboxylic acids is 1. The van der Waals surface area contributed by atoms with Gasteiger partial charge in [0, 0.05) is 16.9 Å². The zero-order chi connectivity index (χ0) is 11.4. The van der Waals surface area contributed by atoms with Gasteiger partial charge >= 0.3 is 0 Å². The zero-order valence-electron chi connectivity index (χ0n) is 8.97. The highest BCUT2D eigenvalue weighted by Gasteiger charge is 2.03. The summed E-state index contributed by atoms with van der Waals surface area (Å²) in [5.74, 6) is 0.202. The molecular formula is C13H12OS2. The summed E-state index contributed by atoms with van der Waals surface area (Å²) in [5, 5.41) is 2.07. The molecule has 0 bridgehead atoms. The molecule has 16 heavy (non-hydrogen) atoms. The Hall–Kier alpha value is -1.06. The molecule has 0 fully saturated rings. The normalized spacial score (nSPS) is 10.3. The molecule has 0 aliphatic heterocycles. The molecule has 1 heterocycles. The maximum Gasteiger partial charge on any atom is 0.162 e. The van der Waals surface area contributed by atoms with Crippen LogP contribution in [0.15, 0.2) is 50.9 Å². The topological polar surface area (TPSA) is 17.1 Å². The summed E-state index contributed by atoms with van der Waals surface area (Å²) in [6.45, 7) is 1.89. The summed E-state index contributed by atoms with van der Waals surface area (Å²) in [6, 6.07) is 12.0. The molecule has 2 aromatic rings. The summed E-state index contributed by atoms with van der Waals surface area (Å²) in [5.41, 5.74) is 0.804. The van der Waals surface area contributed by atoms with E-state index in [0.29, 0.717) is 6.42 Å². The van der Waals surface area contributed by atoms with E-state index in [1.165, 1.54) is 9.10 Å². The fourth-order valence-corrected chi connectivity index (χ4v) is 3.10. The van der Waals surface area contributed by atoms with Gasteiger partial charge in [-0.2, -0.15) is 0 Å². The van der Waals surface area contributed by atoms with Gasteiger partial charge in [-0.25, -0.2) is 0 Å². The largest absolute Gasteiger partial charge is 0.294 e. The molecule has 2 rings (SSSR count). The Morgan fingerprint density at radius 3 is 2.56 bits per heavy atom. The molecule has 0 spiro atoms. The summed E-state index contributed by atoms with van der Waals surface area (Å²) < 4.78 is 1.27. The van der Waals surface area contributed by atoms with Crippen molar-refractivity contribution in [2.24, 2.45) is 0 Å². The van der Waals surface area contributed by atoms with Gasteiger partial charge in [0.05, 0.1) is 4.21 Å². The Morgan fingerprint density at radius 1 is 1.25 bits per heavy atom. The van der Waals surface area contributed by atoms with Gasteiger partial charge in [-0.15, -0.1) is 11.3 Å². The highest BCUT2D eigenvalue weighted by Crippen LogP contribution is 2.31. The van der Waals surface area contributed by atoms with Crippen LogP contribution in [0.2, 0.25) is 0 Å². The maximum atomic E-state index is 11.4. The molecule has 0 aliphatic rings. The molecule has 1 nitrogen and oxygen atoms in total. The average molecular weight is 248 g/mol. The molecular weight excluding hydrogens is 236 g/mol. The smallest absolute Gasteiger partial charge is 0.162 e. The van der Waals surface area contributed by atoms with Crippen LogP contribution in [0.4, 0.5) is 0 Å². The number of benzene rings is 1. The first-order valence-corrected chi connectivity index (χ1v) is 6.84.